The molecule has 1 aliphatic heterocycles. The van der Waals surface area contributed by atoms with Crippen molar-refractivity contribution in [2.24, 2.45) is 5.73 Å². The number of benzene rings is 2. The van der Waals surface area contributed by atoms with Crippen LogP contribution in [0.3, 0.4) is 0 Å². The van der Waals surface area contributed by atoms with Crippen LogP contribution in [0.2, 0.25) is 0 Å². The van der Waals surface area contributed by atoms with Gasteiger partial charge in [-0.25, -0.2) is 0 Å². The number of alkyl halides is 3. The second kappa shape index (κ2) is 6.33. The van der Waals surface area contributed by atoms with E-state index in [0.29, 0.717) is 0 Å². The van der Waals surface area contributed by atoms with E-state index >= 15 is 0 Å². The van der Waals surface area contributed by atoms with Crippen molar-refractivity contribution in [2.75, 3.05) is 6.54 Å². The van der Waals surface area contributed by atoms with Crippen molar-refractivity contribution < 1.29 is 22.8 Å². The molecule has 0 bridgehead atoms. The Bertz CT molecular complexity index is 798. The van der Waals surface area contributed by atoms with Gasteiger partial charge in [0.25, 0.3) is 11.8 Å². The molecule has 0 aromatic heterocycles. The van der Waals surface area contributed by atoms with E-state index in [0.717, 1.165) is 11.0 Å². The van der Waals surface area contributed by atoms with Crippen LogP contribution in [-0.4, -0.2) is 29.3 Å². The third kappa shape index (κ3) is 3.28. The number of rotatable bonds is 4. The van der Waals surface area contributed by atoms with Crippen LogP contribution >= 0.6 is 0 Å². The zero-order valence-corrected chi connectivity index (χ0v) is 13.1. The Labute approximate surface area is 142 Å². The van der Waals surface area contributed by atoms with Gasteiger partial charge in [0.05, 0.1) is 16.7 Å². The van der Waals surface area contributed by atoms with E-state index in [9.17, 15) is 22.8 Å². The van der Waals surface area contributed by atoms with E-state index < -0.39 is 29.6 Å². The van der Waals surface area contributed by atoms with Gasteiger partial charge >= 0.3 is 6.18 Å². The predicted octanol–water partition coefficient (Wildman–Crippen LogP) is 2.87. The number of carbonyl (C=O) groups excluding carboxylic acids is 2. The van der Waals surface area contributed by atoms with Crippen molar-refractivity contribution in [1.29, 1.82) is 0 Å². The van der Waals surface area contributed by atoms with Crippen LogP contribution in [0.1, 0.15) is 31.8 Å². The van der Waals surface area contributed by atoms with Gasteiger partial charge in [0, 0.05) is 12.6 Å². The summed E-state index contributed by atoms with van der Waals surface area (Å²) in [6.45, 7) is -0.140. The molecule has 3 rings (SSSR count). The molecule has 0 unspecified atom stereocenters. The standard InChI is InChI=1S/C18H15F3N2O2/c19-18(20,21)15-8-4-1-5-11(15)9-12(22)10-23-16(24)13-6-2-3-7-14(13)17(23)25/h1-8,12H,9-10,22H2/t12-/m1/s1. The lowest BCUT2D eigenvalue weighted by molar-refractivity contribution is -0.138. The van der Waals surface area contributed by atoms with Crippen molar-refractivity contribution >= 4 is 11.8 Å². The summed E-state index contributed by atoms with van der Waals surface area (Å²) in [7, 11) is 0. The quantitative estimate of drug-likeness (QED) is 0.864. The second-order valence-corrected chi connectivity index (χ2v) is 5.89. The van der Waals surface area contributed by atoms with Crippen LogP contribution in [0, 0.1) is 0 Å². The Morgan fingerprint density at radius 2 is 1.44 bits per heavy atom. The van der Waals surface area contributed by atoms with Crippen molar-refractivity contribution in [2.45, 2.75) is 18.6 Å². The number of nitrogens with zero attached hydrogens (tertiary/aromatic N) is 1. The fourth-order valence-electron chi connectivity index (χ4n) is 2.96. The molecule has 0 spiro atoms. The van der Waals surface area contributed by atoms with Gasteiger partial charge in [-0.15, -0.1) is 0 Å². The van der Waals surface area contributed by atoms with E-state index in [1.54, 1.807) is 24.3 Å². The highest BCUT2D eigenvalue weighted by Gasteiger charge is 2.37. The minimum atomic E-state index is -4.48. The molecule has 1 atom stereocenters. The number of halogens is 3. The molecule has 0 saturated heterocycles. The smallest absolute Gasteiger partial charge is 0.326 e. The summed E-state index contributed by atoms with van der Waals surface area (Å²) in [6.07, 6.45) is -4.57. The Morgan fingerprint density at radius 1 is 0.920 bits per heavy atom. The maximum atomic E-state index is 13.0. The molecule has 2 aromatic carbocycles. The summed E-state index contributed by atoms with van der Waals surface area (Å²) in [5.41, 5.74) is 5.80. The first-order valence-electron chi connectivity index (χ1n) is 7.65. The summed E-state index contributed by atoms with van der Waals surface area (Å²) in [6, 6.07) is 10.7. The Morgan fingerprint density at radius 3 is 2.00 bits per heavy atom. The third-order valence-electron chi connectivity index (χ3n) is 4.10. The summed E-state index contributed by atoms with van der Waals surface area (Å²) >= 11 is 0. The monoisotopic (exact) mass is 348 g/mol. The number of hydrogen-bond donors (Lipinski definition) is 1. The van der Waals surface area contributed by atoms with Gasteiger partial charge in [-0.3, -0.25) is 14.5 Å². The average molecular weight is 348 g/mol. The van der Waals surface area contributed by atoms with Crippen molar-refractivity contribution in [3.05, 3.63) is 70.8 Å². The number of imide groups is 1. The van der Waals surface area contributed by atoms with Crippen molar-refractivity contribution in [3.63, 3.8) is 0 Å². The molecule has 0 aliphatic carbocycles. The highest BCUT2D eigenvalue weighted by atomic mass is 19.4. The van der Waals surface area contributed by atoms with E-state index in [1.165, 1.54) is 18.2 Å². The maximum Gasteiger partial charge on any atom is 0.416 e. The number of amides is 2. The lowest BCUT2D eigenvalue weighted by Crippen LogP contribution is -2.42. The van der Waals surface area contributed by atoms with E-state index in [4.69, 9.17) is 5.73 Å². The summed E-state index contributed by atoms with van der Waals surface area (Å²) < 4.78 is 39.1. The molecule has 0 saturated carbocycles. The number of fused-ring (bicyclic) bond motifs is 1. The van der Waals surface area contributed by atoms with Gasteiger partial charge in [-0.2, -0.15) is 13.2 Å². The van der Waals surface area contributed by atoms with Crippen LogP contribution < -0.4 is 5.73 Å². The van der Waals surface area contributed by atoms with Gasteiger partial charge in [0.15, 0.2) is 0 Å². The number of hydrogen-bond acceptors (Lipinski definition) is 3. The Balaban J connectivity index is 1.76. The van der Waals surface area contributed by atoms with Gasteiger partial charge in [0.2, 0.25) is 0 Å². The van der Waals surface area contributed by atoms with Crippen LogP contribution in [0.25, 0.3) is 0 Å². The van der Waals surface area contributed by atoms with Gasteiger partial charge in [0.1, 0.15) is 0 Å². The van der Waals surface area contributed by atoms with Gasteiger partial charge in [-0.05, 0) is 30.2 Å². The first-order valence-corrected chi connectivity index (χ1v) is 7.65. The largest absolute Gasteiger partial charge is 0.416 e. The number of nitrogens with two attached hydrogens (primary N) is 1. The summed E-state index contributed by atoms with van der Waals surface area (Å²) in [5, 5.41) is 0. The van der Waals surface area contributed by atoms with Crippen LogP contribution in [0.15, 0.2) is 48.5 Å². The van der Waals surface area contributed by atoms with Gasteiger partial charge < -0.3 is 5.73 Å². The minimum absolute atomic E-state index is 0.0408. The molecule has 0 radical (unpaired) electrons. The SMILES string of the molecule is N[C@H](Cc1ccccc1C(F)(F)F)CN1C(=O)c2ccccc2C1=O. The molecular formula is C18H15F3N2O2. The summed E-state index contributed by atoms with van der Waals surface area (Å²) in [5.74, 6) is -0.944. The fraction of sp³-hybridized carbons (Fsp3) is 0.222. The molecule has 2 N–H and O–H groups in total. The highest BCUT2D eigenvalue weighted by Crippen LogP contribution is 2.32. The van der Waals surface area contributed by atoms with Crippen molar-refractivity contribution in [3.8, 4) is 0 Å². The molecule has 2 amide bonds. The topological polar surface area (TPSA) is 63.4 Å². The molecule has 25 heavy (non-hydrogen) atoms. The van der Waals surface area contributed by atoms with Crippen LogP contribution in [-0.2, 0) is 12.6 Å². The fourth-order valence-corrected chi connectivity index (χ4v) is 2.96. The van der Waals surface area contributed by atoms with E-state index in [2.05, 4.69) is 0 Å². The third-order valence-corrected chi connectivity index (χ3v) is 4.10. The lowest BCUT2D eigenvalue weighted by atomic mass is 10.00. The Kier molecular flexibility index (Phi) is 4.34. The molecular weight excluding hydrogens is 333 g/mol. The minimum Gasteiger partial charge on any atom is -0.326 e. The predicted molar refractivity (Wildman–Crippen MR) is 84.9 cm³/mol. The second-order valence-electron chi connectivity index (χ2n) is 5.89. The molecule has 7 heteroatoms. The van der Waals surface area contributed by atoms with Crippen LogP contribution in [0.4, 0.5) is 13.2 Å². The molecule has 2 aromatic rings. The molecule has 1 heterocycles. The first-order chi connectivity index (χ1) is 11.8. The van der Waals surface area contributed by atoms with E-state index in [-0.39, 0.29) is 29.7 Å². The number of carbonyl (C=O) groups is 2. The molecule has 0 fully saturated rings. The summed E-state index contributed by atoms with van der Waals surface area (Å²) in [4.78, 5) is 25.6. The van der Waals surface area contributed by atoms with Gasteiger partial charge in [-0.1, -0.05) is 30.3 Å². The highest BCUT2D eigenvalue weighted by molar-refractivity contribution is 6.21. The zero-order valence-electron chi connectivity index (χ0n) is 13.1. The molecule has 1 aliphatic rings. The van der Waals surface area contributed by atoms with E-state index in [1.807, 2.05) is 0 Å². The normalized spacial score (nSPS) is 15.4. The van der Waals surface area contributed by atoms with Crippen LogP contribution in [0.5, 0.6) is 0 Å². The average Bonchev–Trinajstić information content (AvgIpc) is 2.80. The maximum absolute atomic E-state index is 13.0. The lowest BCUT2D eigenvalue weighted by Gasteiger charge is -2.21. The first kappa shape index (κ1) is 17.2. The Hall–Kier alpha value is -2.67. The zero-order chi connectivity index (χ0) is 18.2. The molecule has 4 nitrogen and oxygen atoms in total. The van der Waals surface area contributed by atoms with Crippen molar-refractivity contribution in [1.82, 2.24) is 4.90 Å². The molecule has 130 valence electrons.